The Morgan fingerprint density at radius 3 is 2.90 bits per heavy atom. The maximum absolute atomic E-state index is 11.3. The van der Waals surface area contributed by atoms with Crippen LogP contribution in [-0.2, 0) is 11.3 Å². The normalized spacial score (nSPS) is 10.1. The van der Waals surface area contributed by atoms with E-state index in [2.05, 4.69) is 16.7 Å². The SMILES string of the molecule is CCOC(=O)Nc1ccc(NCc2cccs2)cc1N. The average Bonchev–Trinajstić information content (AvgIpc) is 2.93. The van der Waals surface area contributed by atoms with Gasteiger partial charge in [0.15, 0.2) is 0 Å². The van der Waals surface area contributed by atoms with Crippen LogP contribution in [0.25, 0.3) is 0 Å². The predicted molar refractivity (Wildman–Crippen MR) is 83.1 cm³/mol. The van der Waals surface area contributed by atoms with Crippen LogP contribution in [0.15, 0.2) is 35.7 Å². The van der Waals surface area contributed by atoms with E-state index in [0.29, 0.717) is 18.0 Å². The second-order valence-electron chi connectivity index (χ2n) is 4.08. The Kier molecular flexibility index (Phi) is 4.84. The summed E-state index contributed by atoms with van der Waals surface area (Å²) in [7, 11) is 0. The molecule has 1 aromatic carbocycles. The lowest BCUT2D eigenvalue weighted by Gasteiger charge is -2.11. The van der Waals surface area contributed by atoms with Gasteiger partial charge in [-0.15, -0.1) is 11.3 Å². The molecule has 106 valence electrons. The smallest absolute Gasteiger partial charge is 0.411 e. The van der Waals surface area contributed by atoms with Crippen LogP contribution in [0.5, 0.6) is 0 Å². The summed E-state index contributed by atoms with van der Waals surface area (Å²) >= 11 is 1.70. The molecular weight excluding hydrogens is 274 g/mol. The highest BCUT2D eigenvalue weighted by molar-refractivity contribution is 7.09. The Morgan fingerprint density at radius 1 is 1.40 bits per heavy atom. The number of rotatable bonds is 5. The molecular formula is C14H17N3O2S. The van der Waals surface area contributed by atoms with Crippen LogP contribution >= 0.6 is 11.3 Å². The molecule has 6 heteroatoms. The topological polar surface area (TPSA) is 76.4 Å². The van der Waals surface area contributed by atoms with E-state index < -0.39 is 6.09 Å². The summed E-state index contributed by atoms with van der Waals surface area (Å²) in [5.41, 5.74) is 7.86. The molecule has 0 spiro atoms. The van der Waals surface area contributed by atoms with Crippen molar-refractivity contribution >= 4 is 34.5 Å². The van der Waals surface area contributed by atoms with Crippen molar-refractivity contribution in [1.29, 1.82) is 0 Å². The van der Waals surface area contributed by atoms with E-state index in [9.17, 15) is 4.79 Å². The van der Waals surface area contributed by atoms with Crippen LogP contribution in [0.1, 0.15) is 11.8 Å². The number of hydrogen-bond acceptors (Lipinski definition) is 5. The van der Waals surface area contributed by atoms with Gasteiger partial charge in [-0.05, 0) is 36.6 Å². The van der Waals surface area contributed by atoms with Crippen LogP contribution in [-0.4, -0.2) is 12.7 Å². The number of thiophene rings is 1. The van der Waals surface area contributed by atoms with Crippen molar-refractivity contribution in [2.75, 3.05) is 23.0 Å². The number of nitrogen functional groups attached to an aromatic ring is 1. The lowest BCUT2D eigenvalue weighted by molar-refractivity contribution is 0.168. The minimum atomic E-state index is -0.501. The Labute approximate surface area is 121 Å². The third kappa shape index (κ3) is 3.89. The first kappa shape index (κ1) is 14.2. The average molecular weight is 291 g/mol. The maximum Gasteiger partial charge on any atom is 0.411 e. The molecule has 4 N–H and O–H groups in total. The van der Waals surface area contributed by atoms with Gasteiger partial charge in [0.25, 0.3) is 0 Å². The Morgan fingerprint density at radius 2 is 2.25 bits per heavy atom. The summed E-state index contributed by atoms with van der Waals surface area (Å²) in [6.45, 7) is 2.83. The third-order valence-corrected chi connectivity index (χ3v) is 3.49. The molecule has 0 saturated heterocycles. The number of anilines is 3. The standard InChI is InChI=1S/C14H17N3O2S/c1-2-19-14(18)17-13-6-5-10(8-12(13)15)16-9-11-4-3-7-20-11/h3-8,16H,2,9,15H2,1H3,(H,17,18). The number of benzene rings is 1. The molecule has 0 aliphatic heterocycles. The summed E-state index contributed by atoms with van der Waals surface area (Å²) in [6.07, 6.45) is -0.501. The first-order valence-corrected chi connectivity index (χ1v) is 7.16. The van der Waals surface area contributed by atoms with Gasteiger partial charge in [0, 0.05) is 17.1 Å². The quantitative estimate of drug-likeness (QED) is 0.737. The van der Waals surface area contributed by atoms with Gasteiger partial charge >= 0.3 is 6.09 Å². The van der Waals surface area contributed by atoms with E-state index in [4.69, 9.17) is 10.5 Å². The van der Waals surface area contributed by atoms with Gasteiger partial charge in [0.2, 0.25) is 0 Å². The summed E-state index contributed by atoms with van der Waals surface area (Å²) in [6, 6.07) is 9.49. The molecule has 2 aromatic rings. The highest BCUT2D eigenvalue weighted by Crippen LogP contribution is 2.23. The minimum Gasteiger partial charge on any atom is -0.450 e. The lowest BCUT2D eigenvalue weighted by atomic mass is 10.2. The monoisotopic (exact) mass is 291 g/mol. The van der Waals surface area contributed by atoms with Crippen LogP contribution in [0, 0.1) is 0 Å². The summed E-state index contributed by atoms with van der Waals surface area (Å²) in [4.78, 5) is 12.6. The molecule has 0 bridgehead atoms. The highest BCUT2D eigenvalue weighted by atomic mass is 32.1. The van der Waals surface area contributed by atoms with Crippen molar-refractivity contribution in [1.82, 2.24) is 0 Å². The van der Waals surface area contributed by atoms with Crippen LogP contribution in [0.2, 0.25) is 0 Å². The molecule has 0 aliphatic carbocycles. The van der Waals surface area contributed by atoms with Crippen molar-refractivity contribution in [3.63, 3.8) is 0 Å². The second kappa shape index (κ2) is 6.81. The van der Waals surface area contributed by atoms with E-state index in [0.717, 1.165) is 12.2 Å². The molecule has 1 amide bonds. The number of hydrogen-bond donors (Lipinski definition) is 3. The van der Waals surface area contributed by atoms with Gasteiger partial charge in [-0.1, -0.05) is 6.07 Å². The molecule has 2 rings (SSSR count). The zero-order valence-corrected chi connectivity index (χ0v) is 12.0. The van der Waals surface area contributed by atoms with E-state index in [1.807, 2.05) is 17.5 Å². The van der Waals surface area contributed by atoms with Crippen LogP contribution in [0.3, 0.4) is 0 Å². The lowest BCUT2D eigenvalue weighted by Crippen LogP contribution is -2.14. The van der Waals surface area contributed by atoms with Crippen molar-refractivity contribution in [2.24, 2.45) is 0 Å². The third-order valence-electron chi connectivity index (χ3n) is 2.61. The van der Waals surface area contributed by atoms with Gasteiger partial charge in [-0.3, -0.25) is 5.32 Å². The molecule has 5 nitrogen and oxygen atoms in total. The van der Waals surface area contributed by atoms with Gasteiger partial charge in [-0.2, -0.15) is 0 Å². The van der Waals surface area contributed by atoms with Crippen molar-refractivity contribution in [3.05, 3.63) is 40.6 Å². The molecule has 0 radical (unpaired) electrons. The molecule has 0 atom stereocenters. The Balaban J connectivity index is 1.96. The summed E-state index contributed by atoms with van der Waals surface area (Å²) in [5.74, 6) is 0. The minimum absolute atomic E-state index is 0.326. The fourth-order valence-corrected chi connectivity index (χ4v) is 2.31. The Hall–Kier alpha value is -2.21. The van der Waals surface area contributed by atoms with Gasteiger partial charge < -0.3 is 15.8 Å². The molecule has 20 heavy (non-hydrogen) atoms. The summed E-state index contributed by atoms with van der Waals surface area (Å²) in [5, 5.41) is 7.92. The number of nitrogens with one attached hydrogen (secondary N) is 2. The highest BCUT2D eigenvalue weighted by Gasteiger charge is 2.06. The molecule has 0 aliphatic rings. The molecule has 1 heterocycles. The molecule has 0 saturated carbocycles. The van der Waals surface area contributed by atoms with Crippen molar-refractivity contribution in [2.45, 2.75) is 13.5 Å². The van der Waals surface area contributed by atoms with E-state index in [1.165, 1.54) is 4.88 Å². The molecule has 1 aromatic heterocycles. The van der Waals surface area contributed by atoms with Gasteiger partial charge in [0.1, 0.15) is 0 Å². The number of nitrogens with two attached hydrogens (primary N) is 1. The second-order valence-corrected chi connectivity index (χ2v) is 5.11. The number of amides is 1. The Bertz CT molecular complexity index is 570. The van der Waals surface area contributed by atoms with Gasteiger partial charge in [0.05, 0.1) is 18.0 Å². The summed E-state index contributed by atoms with van der Waals surface area (Å²) < 4.78 is 4.81. The van der Waals surface area contributed by atoms with E-state index in [-0.39, 0.29) is 0 Å². The molecule has 0 fully saturated rings. The first-order valence-electron chi connectivity index (χ1n) is 6.28. The van der Waals surface area contributed by atoms with Gasteiger partial charge in [-0.25, -0.2) is 4.79 Å². The number of carbonyl (C=O) groups is 1. The van der Waals surface area contributed by atoms with E-state index in [1.54, 1.807) is 30.4 Å². The molecule has 0 unspecified atom stereocenters. The first-order chi connectivity index (χ1) is 9.69. The predicted octanol–water partition coefficient (Wildman–Crippen LogP) is 3.51. The van der Waals surface area contributed by atoms with Crippen LogP contribution in [0.4, 0.5) is 21.9 Å². The van der Waals surface area contributed by atoms with E-state index >= 15 is 0 Å². The number of ether oxygens (including phenoxy) is 1. The van der Waals surface area contributed by atoms with Crippen molar-refractivity contribution in [3.8, 4) is 0 Å². The maximum atomic E-state index is 11.3. The largest absolute Gasteiger partial charge is 0.450 e. The number of carbonyl (C=O) groups excluding carboxylic acids is 1. The zero-order chi connectivity index (χ0) is 14.4. The zero-order valence-electron chi connectivity index (χ0n) is 11.2. The fourth-order valence-electron chi connectivity index (χ4n) is 1.67. The fraction of sp³-hybridized carbons (Fsp3) is 0.214. The van der Waals surface area contributed by atoms with Crippen LogP contribution < -0.4 is 16.4 Å². The van der Waals surface area contributed by atoms with Crippen molar-refractivity contribution < 1.29 is 9.53 Å².